The average Bonchev–Trinajstić information content (AvgIpc) is 3.88. The van der Waals surface area contributed by atoms with Crippen LogP contribution < -0.4 is 4.90 Å². The fourth-order valence-electron chi connectivity index (χ4n) is 9.06. The minimum absolute atomic E-state index is 0.894. The number of para-hydroxylation sites is 1. The Morgan fingerprint density at radius 2 is 0.983 bits per heavy atom. The monoisotopic (exact) mass is 769 g/mol. The molecular formula is C56H35NOS. The molecule has 0 N–H and O–H groups in total. The molecule has 3 heteroatoms. The van der Waals surface area contributed by atoms with Crippen molar-refractivity contribution in [2.24, 2.45) is 0 Å². The molecule has 276 valence electrons. The smallest absolute Gasteiger partial charge is 0.143 e. The second kappa shape index (κ2) is 13.6. The summed E-state index contributed by atoms with van der Waals surface area (Å²) in [5.74, 6) is 0. The minimum Gasteiger partial charge on any atom is -0.455 e. The molecule has 12 aromatic rings. The summed E-state index contributed by atoms with van der Waals surface area (Å²) in [6.07, 6.45) is 0. The van der Waals surface area contributed by atoms with Gasteiger partial charge in [0.1, 0.15) is 11.2 Å². The summed E-state index contributed by atoms with van der Waals surface area (Å²) in [6.45, 7) is 0. The maximum absolute atomic E-state index is 6.62. The van der Waals surface area contributed by atoms with Crippen LogP contribution in [0, 0.1) is 0 Å². The van der Waals surface area contributed by atoms with Crippen LogP contribution in [0.5, 0.6) is 0 Å². The lowest BCUT2D eigenvalue weighted by atomic mass is 9.94. The van der Waals surface area contributed by atoms with Gasteiger partial charge in [0.2, 0.25) is 0 Å². The predicted molar refractivity (Wildman–Crippen MR) is 253 cm³/mol. The van der Waals surface area contributed by atoms with Gasteiger partial charge in [-0.05, 0) is 105 Å². The maximum atomic E-state index is 6.62. The highest BCUT2D eigenvalue weighted by Gasteiger charge is 2.20. The molecule has 59 heavy (non-hydrogen) atoms. The van der Waals surface area contributed by atoms with E-state index in [0.29, 0.717) is 0 Å². The third-order valence-corrected chi connectivity index (χ3v) is 13.0. The van der Waals surface area contributed by atoms with E-state index in [1.54, 1.807) is 0 Å². The number of anilines is 3. The lowest BCUT2D eigenvalue weighted by Crippen LogP contribution is -2.10. The van der Waals surface area contributed by atoms with Crippen molar-refractivity contribution in [3.05, 3.63) is 212 Å². The van der Waals surface area contributed by atoms with Crippen LogP contribution in [-0.4, -0.2) is 0 Å². The van der Waals surface area contributed by atoms with Gasteiger partial charge in [-0.2, -0.15) is 0 Å². The van der Waals surface area contributed by atoms with E-state index >= 15 is 0 Å². The molecule has 0 aliphatic carbocycles. The molecule has 10 aromatic carbocycles. The summed E-state index contributed by atoms with van der Waals surface area (Å²) >= 11 is 1.86. The van der Waals surface area contributed by atoms with Crippen molar-refractivity contribution in [3.8, 4) is 33.4 Å². The number of hydrogen-bond donors (Lipinski definition) is 0. The van der Waals surface area contributed by atoms with E-state index in [0.717, 1.165) is 61.3 Å². The van der Waals surface area contributed by atoms with Crippen molar-refractivity contribution in [1.29, 1.82) is 0 Å². The van der Waals surface area contributed by atoms with Crippen LogP contribution in [-0.2, 0) is 0 Å². The Hall–Kier alpha value is -7.46. The largest absolute Gasteiger partial charge is 0.455 e. The normalized spacial score (nSPS) is 11.7. The molecular weight excluding hydrogens is 735 g/mol. The van der Waals surface area contributed by atoms with Crippen LogP contribution in [0.1, 0.15) is 0 Å². The first kappa shape index (κ1) is 33.7. The highest BCUT2D eigenvalue weighted by Crippen LogP contribution is 2.45. The Labute approximate surface area is 345 Å². The summed E-state index contributed by atoms with van der Waals surface area (Å²) in [5, 5.41) is 9.82. The number of furan rings is 1. The number of nitrogens with zero attached hydrogens (tertiary/aromatic N) is 1. The van der Waals surface area contributed by atoms with Crippen molar-refractivity contribution >= 4 is 92.1 Å². The van der Waals surface area contributed by atoms with Gasteiger partial charge in [-0.3, -0.25) is 0 Å². The molecule has 0 saturated carbocycles. The molecule has 12 rings (SSSR count). The highest BCUT2D eigenvalue weighted by molar-refractivity contribution is 7.25. The Morgan fingerprint density at radius 3 is 1.81 bits per heavy atom. The molecule has 0 bridgehead atoms. The van der Waals surface area contributed by atoms with E-state index in [-0.39, 0.29) is 0 Å². The van der Waals surface area contributed by atoms with Gasteiger partial charge in [-0.1, -0.05) is 152 Å². The fraction of sp³-hybridized carbons (Fsp3) is 0. The van der Waals surface area contributed by atoms with Gasteiger partial charge >= 0.3 is 0 Å². The number of thiophene rings is 1. The number of benzene rings is 10. The van der Waals surface area contributed by atoms with Crippen LogP contribution in [0.3, 0.4) is 0 Å². The van der Waals surface area contributed by atoms with Gasteiger partial charge < -0.3 is 9.32 Å². The third-order valence-electron chi connectivity index (χ3n) is 11.9. The summed E-state index contributed by atoms with van der Waals surface area (Å²) in [6, 6.07) is 76.9. The Kier molecular flexibility index (Phi) is 7.75. The van der Waals surface area contributed by atoms with Crippen LogP contribution in [0.15, 0.2) is 217 Å². The molecule has 2 nitrogen and oxygen atoms in total. The molecule has 0 atom stereocenters. The molecule has 0 unspecified atom stereocenters. The van der Waals surface area contributed by atoms with Crippen molar-refractivity contribution in [2.45, 2.75) is 0 Å². The summed E-state index contributed by atoms with van der Waals surface area (Å²) in [5.41, 5.74) is 12.1. The van der Waals surface area contributed by atoms with Crippen molar-refractivity contribution < 1.29 is 4.42 Å². The zero-order chi connectivity index (χ0) is 38.9. The number of fused-ring (bicyclic) bond motifs is 9. The lowest BCUT2D eigenvalue weighted by molar-refractivity contribution is 0.670. The van der Waals surface area contributed by atoms with Crippen LogP contribution in [0.4, 0.5) is 17.1 Å². The first-order valence-corrected chi connectivity index (χ1v) is 20.9. The molecule has 0 aliphatic rings. The zero-order valence-corrected chi connectivity index (χ0v) is 32.8. The first-order valence-electron chi connectivity index (χ1n) is 20.1. The highest BCUT2D eigenvalue weighted by atomic mass is 32.1. The topological polar surface area (TPSA) is 16.4 Å². The molecule has 0 amide bonds. The second-order valence-electron chi connectivity index (χ2n) is 15.2. The molecule has 0 fully saturated rings. The van der Waals surface area contributed by atoms with Crippen LogP contribution >= 0.6 is 11.3 Å². The Balaban J connectivity index is 0.999. The number of hydrogen-bond acceptors (Lipinski definition) is 3. The maximum Gasteiger partial charge on any atom is 0.143 e. The quantitative estimate of drug-likeness (QED) is 0.157. The minimum atomic E-state index is 0.894. The van der Waals surface area contributed by atoms with E-state index < -0.39 is 0 Å². The predicted octanol–water partition coefficient (Wildman–Crippen LogP) is 16.7. The summed E-state index contributed by atoms with van der Waals surface area (Å²) in [7, 11) is 0. The van der Waals surface area contributed by atoms with Crippen molar-refractivity contribution in [1.82, 2.24) is 0 Å². The SMILES string of the molecule is c1ccc(-c2ccc(-c3ccc(N(c4ccc(-c5ccc6sc7ccccc7c6c5)cc4)c4cccc5c4ccc4ccccc45)cc3)c3c2oc2ccccc23)cc1. The molecule has 0 radical (unpaired) electrons. The van der Waals surface area contributed by atoms with E-state index in [1.807, 2.05) is 17.4 Å². The Morgan fingerprint density at radius 1 is 0.356 bits per heavy atom. The van der Waals surface area contributed by atoms with Gasteiger partial charge in [0.05, 0.1) is 5.69 Å². The third kappa shape index (κ3) is 5.55. The van der Waals surface area contributed by atoms with Crippen LogP contribution in [0.25, 0.3) is 97.0 Å². The molecule has 2 aromatic heterocycles. The van der Waals surface area contributed by atoms with Gasteiger partial charge in [0.25, 0.3) is 0 Å². The zero-order valence-electron chi connectivity index (χ0n) is 32.0. The molecule has 0 saturated heterocycles. The van der Waals surface area contributed by atoms with Gasteiger partial charge in [0, 0.05) is 53.3 Å². The summed E-state index contributed by atoms with van der Waals surface area (Å²) in [4.78, 5) is 2.40. The standard InChI is InChI=1S/C56H35NOS/c1-2-11-37(12-3-1)45-33-32-44(55-49-16-6-8-19-52(49)58-56(45)55)39-23-29-42(30-24-39)57(51-18-10-17-46-43-14-5-4-13-38(43)25-31-47(46)51)41-27-21-36(22-28-41)40-26-34-54-50(35-40)48-15-7-9-20-53(48)59-54/h1-35H. The molecule has 2 heterocycles. The average molecular weight is 770 g/mol. The van der Waals surface area contributed by atoms with Gasteiger partial charge in [0.15, 0.2) is 0 Å². The summed E-state index contributed by atoms with van der Waals surface area (Å²) < 4.78 is 9.26. The number of rotatable bonds is 6. The van der Waals surface area contributed by atoms with Crippen molar-refractivity contribution in [3.63, 3.8) is 0 Å². The fourth-order valence-corrected chi connectivity index (χ4v) is 10.1. The van der Waals surface area contributed by atoms with E-state index in [9.17, 15) is 0 Å². The lowest BCUT2D eigenvalue weighted by Gasteiger charge is -2.27. The first-order chi connectivity index (χ1) is 29.2. The second-order valence-corrected chi connectivity index (χ2v) is 16.3. The Bertz CT molecular complexity index is 3540. The van der Waals surface area contributed by atoms with E-state index in [2.05, 4.69) is 211 Å². The van der Waals surface area contributed by atoms with Crippen molar-refractivity contribution in [2.75, 3.05) is 4.90 Å². The van der Waals surface area contributed by atoms with E-state index in [1.165, 1.54) is 52.8 Å². The van der Waals surface area contributed by atoms with Crippen LogP contribution in [0.2, 0.25) is 0 Å². The van der Waals surface area contributed by atoms with E-state index in [4.69, 9.17) is 4.42 Å². The molecule has 0 aliphatic heterocycles. The van der Waals surface area contributed by atoms with Gasteiger partial charge in [-0.15, -0.1) is 11.3 Å². The van der Waals surface area contributed by atoms with Gasteiger partial charge in [-0.25, -0.2) is 0 Å². The molecule has 0 spiro atoms.